The van der Waals surface area contributed by atoms with E-state index in [0.29, 0.717) is 0 Å². The van der Waals surface area contributed by atoms with E-state index in [4.69, 9.17) is 11.6 Å². The molecule has 112 valence electrons. The Bertz CT molecular complexity index is 793. The Morgan fingerprint density at radius 2 is 1.77 bits per heavy atom. The number of pyridine rings is 1. The van der Waals surface area contributed by atoms with Crippen molar-refractivity contribution in [3.8, 4) is 0 Å². The van der Waals surface area contributed by atoms with Gasteiger partial charge in [-0.2, -0.15) is 5.10 Å². The van der Waals surface area contributed by atoms with Gasteiger partial charge in [-0.05, 0) is 42.8 Å². The third kappa shape index (κ3) is 3.56. The summed E-state index contributed by atoms with van der Waals surface area (Å²) in [7, 11) is 0. The van der Waals surface area contributed by atoms with E-state index in [9.17, 15) is 0 Å². The molecule has 1 aromatic heterocycles. The van der Waals surface area contributed by atoms with Crippen molar-refractivity contribution >= 4 is 33.9 Å². The molecule has 0 aliphatic carbocycles. The Morgan fingerprint density at radius 3 is 2.55 bits per heavy atom. The van der Waals surface area contributed by atoms with Crippen LogP contribution in [0.3, 0.4) is 0 Å². The Hall–Kier alpha value is -2.10. The van der Waals surface area contributed by atoms with Gasteiger partial charge in [0.2, 0.25) is 5.52 Å². The maximum atomic E-state index is 5.90. The quantitative estimate of drug-likeness (QED) is 0.567. The molecule has 0 saturated carbocycles. The highest BCUT2D eigenvalue weighted by Crippen LogP contribution is 2.18. The maximum absolute atomic E-state index is 5.90. The van der Waals surface area contributed by atoms with Crippen LogP contribution in [0.15, 0.2) is 65.9 Å². The van der Waals surface area contributed by atoms with E-state index in [-0.39, 0.29) is 12.4 Å². The van der Waals surface area contributed by atoms with E-state index < -0.39 is 0 Å². The van der Waals surface area contributed by atoms with Crippen molar-refractivity contribution in [3.63, 3.8) is 0 Å². The summed E-state index contributed by atoms with van der Waals surface area (Å²) in [4.78, 5) is 3.24. The van der Waals surface area contributed by atoms with Crippen molar-refractivity contribution in [3.05, 3.63) is 71.4 Å². The molecule has 1 heterocycles. The monoisotopic (exact) mass is 331 g/mol. The molecule has 0 aliphatic rings. The van der Waals surface area contributed by atoms with E-state index >= 15 is 0 Å². The van der Waals surface area contributed by atoms with Crippen LogP contribution >= 0.6 is 11.6 Å². The molecule has 0 aliphatic heterocycles. The molecule has 22 heavy (non-hydrogen) atoms. The highest BCUT2D eigenvalue weighted by atomic mass is 35.5. The number of nitrogens with one attached hydrogen (secondary N) is 2. The molecule has 3 rings (SSSR count). The fourth-order valence-corrected chi connectivity index (χ4v) is 2.27. The second-order valence-corrected chi connectivity index (χ2v) is 5.19. The second-order valence-electron chi connectivity index (χ2n) is 4.76. The van der Waals surface area contributed by atoms with Crippen LogP contribution in [0.4, 0.5) is 5.69 Å². The minimum absolute atomic E-state index is 0. The Labute approximate surface area is 140 Å². The summed E-state index contributed by atoms with van der Waals surface area (Å²) in [6, 6.07) is 17.7. The third-order valence-corrected chi connectivity index (χ3v) is 3.55. The minimum atomic E-state index is 0. The van der Waals surface area contributed by atoms with Crippen LogP contribution in [0.2, 0.25) is 5.02 Å². The number of hydrogen-bond acceptors (Lipinski definition) is 2. The first-order chi connectivity index (χ1) is 10.2. The number of hydrazone groups is 1. The van der Waals surface area contributed by atoms with Crippen LogP contribution < -0.4 is 22.8 Å². The first kappa shape index (κ1) is 16.3. The number of fused-ring (bicyclic) bond motifs is 1. The normalized spacial score (nSPS) is 11.1. The lowest BCUT2D eigenvalue weighted by atomic mass is 10.1. The van der Waals surface area contributed by atoms with Crippen LogP contribution in [-0.4, -0.2) is 5.71 Å². The molecule has 0 spiro atoms. The molecule has 0 saturated heterocycles. The summed E-state index contributed by atoms with van der Waals surface area (Å²) in [6.07, 6.45) is 1.91. The summed E-state index contributed by atoms with van der Waals surface area (Å²) >= 11 is 5.90. The van der Waals surface area contributed by atoms with Gasteiger partial charge in [-0.1, -0.05) is 29.8 Å². The summed E-state index contributed by atoms with van der Waals surface area (Å²) in [6.45, 7) is 1.96. The van der Waals surface area contributed by atoms with E-state index in [1.807, 2.05) is 55.6 Å². The molecule has 0 fully saturated rings. The molecule has 2 N–H and O–H groups in total. The first-order valence-corrected chi connectivity index (χ1v) is 7.07. The van der Waals surface area contributed by atoms with Gasteiger partial charge in [0, 0.05) is 16.5 Å². The molecule has 2 aromatic carbocycles. The van der Waals surface area contributed by atoms with Crippen LogP contribution in [-0.2, 0) is 0 Å². The molecular formula is C17H15Cl2N3. The molecule has 0 bridgehead atoms. The molecule has 3 aromatic rings. The van der Waals surface area contributed by atoms with Gasteiger partial charge in [0.15, 0.2) is 6.20 Å². The highest BCUT2D eigenvalue weighted by Gasteiger charge is 2.05. The van der Waals surface area contributed by atoms with Crippen LogP contribution in [0.25, 0.3) is 10.9 Å². The van der Waals surface area contributed by atoms with Gasteiger partial charge in [0.1, 0.15) is 5.69 Å². The van der Waals surface area contributed by atoms with Crippen molar-refractivity contribution in [2.75, 3.05) is 5.43 Å². The number of H-pyrrole nitrogens is 1. The van der Waals surface area contributed by atoms with Gasteiger partial charge >= 0.3 is 0 Å². The minimum Gasteiger partial charge on any atom is -1.00 e. The summed E-state index contributed by atoms with van der Waals surface area (Å²) in [5.74, 6) is 0. The number of aromatic nitrogens is 1. The van der Waals surface area contributed by atoms with Gasteiger partial charge in [-0.3, -0.25) is 5.43 Å². The molecule has 0 amide bonds. The molecule has 0 atom stereocenters. The van der Waals surface area contributed by atoms with Gasteiger partial charge in [-0.15, -0.1) is 0 Å². The lowest BCUT2D eigenvalue weighted by Crippen LogP contribution is -3.00. The van der Waals surface area contributed by atoms with Crippen molar-refractivity contribution < 1.29 is 17.4 Å². The third-order valence-electron chi connectivity index (χ3n) is 3.30. The predicted molar refractivity (Wildman–Crippen MR) is 87.8 cm³/mol. The number of halogens is 2. The van der Waals surface area contributed by atoms with E-state index in [2.05, 4.69) is 27.6 Å². The molecule has 0 radical (unpaired) electrons. The fraction of sp³-hybridized carbons (Fsp3) is 0.0588. The van der Waals surface area contributed by atoms with Crippen molar-refractivity contribution in [1.29, 1.82) is 0 Å². The van der Waals surface area contributed by atoms with Crippen LogP contribution in [0.5, 0.6) is 0 Å². The standard InChI is InChI=1S/C17H14ClN3.ClH/c1-12(13-7-9-15(18)10-8-13)20-21-16-6-2-4-14-5-3-11-19-17(14)16;/h2-11,21H,1H3;1H. The van der Waals surface area contributed by atoms with Crippen LogP contribution in [0, 0.1) is 0 Å². The summed E-state index contributed by atoms with van der Waals surface area (Å²) in [5.41, 5.74) is 7.05. The lowest BCUT2D eigenvalue weighted by molar-refractivity contribution is -0.344. The average Bonchev–Trinajstić information content (AvgIpc) is 2.53. The van der Waals surface area contributed by atoms with Gasteiger partial charge in [0.25, 0.3) is 0 Å². The fourth-order valence-electron chi connectivity index (χ4n) is 2.15. The smallest absolute Gasteiger partial charge is 0.236 e. The number of rotatable bonds is 3. The average molecular weight is 332 g/mol. The summed E-state index contributed by atoms with van der Waals surface area (Å²) in [5, 5.41) is 6.31. The number of anilines is 1. The number of nitrogens with zero attached hydrogens (tertiary/aromatic N) is 1. The Morgan fingerprint density at radius 1 is 1.05 bits per heavy atom. The SMILES string of the molecule is CC(=NNc1cccc2ccc[nH+]c12)c1ccc(Cl)cc1.[Cl-]. The zero-order valence-corrected chi connectivity index (χ0v) is 13.5. The first-order valence-electron chi connectivity index (χ1n) is 6.70. The highest BCUT2D eigenvalue weighted by molar-refractivity contribution is 6.30. The topological polar surface area (TPSA) is 38.5 Å². The number of benzene rings is 2. The number of hydrogen-bond donors (Lipinski definition) is 1. The zero-order chi connectivity index (χ0) is 14.7. The van der Waals surface area contributed by atoms with Crippen molar-refractivity contribution in [2.24, 2.45) is 5.10 Å². The van der Waals surface area contributed by atoms with E-state index in [1.54, 1.807) is 0 Å². The molecular weight excluding hydrogens is 317 g/mol. The summed E-state index contributed by atoms with van der Waals surface area (Å²) < 4.78 is 0. The predicted octanol–water partition coefficient (Wildman–Crippen LogP) is 1.15. The molecule has 0 unspecified atom stereocenters. The Balaban J connectivity index is 0.00000176. The lowest BCUT2D eigenvalue weighted by Gasteiger charge is -2.04. The number of aromatic amines is 1. The zero-order valence-electron chi connectivity index (χ0n) is 12.0. The van der Waals surface area contributed by atoms with Gasteiger partial charge < -0.3 is 12.4 Å². The van der Waals surface area contributed by atoms with Gasteiger partial charge in [0.05, 0.1) is 5.71 Å². The van der Waals surface area contributed by atoms with Gasteiger partial charge in [-0.25, -0.2) is 4.98 Å². The van der Waals surface area contributed by atoms with E-state index in [0.717, 1.165) is 32.9 Å². The van der Waals surface area contributed by atoms with E-state index in [1.165, 1.54) is 0 Å². The second kappa shape index (κ2) is 7.25. The Kier molecular flexibility index (Phi) is 5.36. The van der Waals surface area contributed by atoms with Crippen LogP contribution in [0.1, 0.15) is 12.5 Å². The number of para-hydroxylation sites is 1. The van der Waals surface area contributed by atoms with Crippen molar-refractivity contribution in [1.82, 2.24) is 0 Å². The van der Waals surface area contributed by atoms with Crippen molar-refractivity contribution in [2.45, 2.75) is 6.92 Å². The molecule has 5 heteroatoms. The molecule has 3 nitrogen and oxygen atoms in total. The largest absolute Gasteiger partial charge is 1.00 e. The maximum Gasteiger partial charge on any atom is 0.236 e.